The van der Waals surface area contributed by atoms with E-state index in [1.165, 1.54) is 18.2 Å². The van der Waals surface area contributed by atoms with Gasteiger partial charge in [-0.1, -0.05) is 18.2 Å². The molecule has 0 aromatic heterocycles. The van der Waals surface area contributed by atoms with E-state index in [4.69, 9.17) is 16.6 Å². The lowest BCUT2D eigenvalue weighted by molar-refractivity contribution is 0.423. The number of hydrogen-bond donors (Lipinski definition) is 2. The average molecular weight is 165 g/mol. The van der Waals surface area contributed by atoms with Crippen LogP contribution >= 0.6 is 0 Å². The van der Waals surface area contributed by atoms with Gasteiger partial charge in [0.25, 0.3) is 0 Å². The van der Waals surface area contributed by atoms with E-state index in [0.717, 1.165) is 0 Å². The quantitative estimate of drug-likeness (QED) is 0.456. The van der Waals surface area contributed by atoms with Gasteiger partial charge in [-0.25, -0.2) is 9.24 Å². The Morgan fingerprint density at radius 1 is 1.42 bits per heavy atom. The first-order chi connectivity index (χ1) is 5.66. The lowest BCUT2D eigenvalue weighted by atomic mass is 9.79. The molecule has 0 radical (unpaired) electrons. The van der Waals surface area contributed by atoms with E-state index < -0.39 is 12.9 Å². The van der Waals surface area contributed by atoms with Crippen LogP contribution < -0.4 is 5.46 Å². The summed E-state index contributed by atoms with van der Waals surface area (Å²) in [5.41, 5.74) is -0.482. The van der Waals surface area contributed by atoms with Gasteiger partial charge in [-0.2, -0.15) is 0 Å². The first-order valence-electron chi connectivity index (χ1n) is 3.19. The molecule has 3 nitrogen and oxygen atoms in total. The third-order valence-corrected chi connectivity index (χ3v) is 1.41. The molecule has 0 heterocycles. The summed E-state index contributed by atoms with van der Waals surface area (Å²) in [6.45, 7) is 6.54. The molecule has 0 amide bonds. The lowest BCUT2D eigenvalue weighted by Gasteiger charge is -2.01. The Balaban J connectivity index is 3.25. The highest BCUT2D eigenvalue weighted by atomic mass is 19.1. The largest absolute Gasteiger partial charge is 0.490 e. The minimum Gasteiger partial charge on any atom is -0.423 e. The van der Waals surface area contributed by atoms with Gasteiger partial charge in [0.1, 0.15) is 5.82 Å². The molecule has 0 atom stereocenters. The van der Waals surface area contributed by atoms with Crippen LogP contribution in [0.1, 0.15) is 0 Å². The normalized spacial score (nSPS) is 9.17. The third kappa shape index (κ3) is 1.45. The van der Waals surface area contributed by atoms with Crippen molar-refractivity contribution in [2.75, 3.05) is 0 Å². The van der Waals surface area contributed by atoms with Gasteiger partial charge >= 0.3 is 7.12 Å². The number of benzene rings is 1. The molecule has 1 aromatic carbocycles. The molecule has 0 spiro atoms. The summed E-state index contributed by atoms with van der Waals surface area (Å²) in [6.07, 6.45) is 0. The molecule has 60 valence electrons. The van der Waals surface area contributed by atoms with Crippen LogP contribution in [0, 0.1) is 12.4 Å². The molecule has 0 unspecified atom stereocenters. The second-order valence-electron chi connectivity index (χ2n) is 2.17. The highest BCUT2D eigenvalue weighted by Gasteiger charge is 2.17. The Hall–Kier alpha value is -1.38. The summed E-state index contributed by atoms with van der Waals surface area (Å²) in [7, 11) is -1.87. The van der Waals surface area contributed by atoms with Crippen molar-refractivity contribution in [1.29, 1.82) is 0 Å². The predicted octanol–water partition coefficient (Wildman–Crippen LogP) is 0.0563. The van der Waals surface area contributed by atoms with Gasteiger partial charge in [-0.05, 0) is 0 Å². The fraction of sp³-hybridized carbons (Fsp3) is 0. The predicted molar refractivity (Wildman–Crippen MR) is 42.5 cm³/mol. The van der Waals surface area contributed by atoms with E-state index >= 15 is 0 Å². The van der Waals surface area contributed by atoms with Crippen LogP contribution in [0.2, 0.25) is 0 Å². The molecular formula is C7H5BFNO2. The van der Waals surface area contributed by atoms with E-state index in [1.807, 2.05) is 0 Å². The number of rotatable bonds is 1. The molecule has 1 rings (SSSR count). The first kappa shape index (κ1) is 8.72. The van der Waals surface area contributed by atoms with Crippen LogP contribution in [-0.4, -0.2) is 17.2 Å². The molecule has 0 bridgehead atoms. The van der Waals surface area contributed by atoms with Crippen LogP contribution in [0.15, 0.2) is 18.2 Å². The Morgan fingerprint density at radius 2 is 2.08 bits per heavy atom. The Labute approximate surface area is 69.0 Å². The van der Waals surface area contributed by atoms with Gasteiger partial charge in [0.15, 0.2) is 0 Å². The SMILES string of the molecule is [C-]#[N+]c1cccc(B(O)O)c1F. The standard InChI is InChI=1S/C7H5BFNO2/c1-10-6-4-2-3-5(7(6)9)8(11)12/h2-4,11-12H. The summed E-state index contributed by atoms with van der Waals surface area (Å²) < 4.78 is 13.0. The molecular weight excluding hydrogens is 160 g/mol. The maximum Gasteiger partial charge on any atom is 0.490 e. The molecule has 5 heteroatoms. The van der Waals surface area contributed by atoms with E-state index in [1.54, 1.807) is 0 Å². The Bertz CT molecular complexity index is 335. The zero-order valence-electron chi connectivity index (χ0n) is 6.03. The van der Waals surface area contributed by atoms with Crippen molar-refractivity contribution in [3.63, 3.8) is 0 Å². The van der Waals surface area contributed by atoms with Gasteiger partial charge in [0, 0.05) is 5.46 Å². The van der Waals surface area contributed by atoms with Crippen molar-refractivity contribution in [3.05, 3.63) is 35.4 Å². The first-order valence-corrected chi connectivity index (χ1v) is 3.19. The van der Waals surface area contributed by atoms with Crippen molar-refractivity contribution in [2.24, 2.45) is 0 Å². The minimum atomic E-state index is -1.87. The fourth-order valence-corrected chi connectivity index (χ4v) is 0.823. The van der Waals surface area contributed by atoms with E-state index in [0.29, 0.717) is 0 Å². The topological polar surface area (TPSA) is 44.8 Å². The maximum atomic E-state index is 13.0. The van der Waals surface area contributed by atoms with Crippen molar-refractivity contribution >= 4 is 18.3 Å². The second-order valence-corrected chi connectivity index (χ2v) is 2.17. The molecule has 0 aliphatic heterocycles. The highest BCUT2D eigenvalue weighted by Crippen LogP contribution is 2.14. The number of hydrogen-bond acceptors (Lipinski definition) is 2. The van der Waals surface area contributed by atoms with Crippen molar-refractivity contribution in [1.82, 2.24) is 0 Å². The molecule has 0 saturated carbocycles. The maximum absolute atomic E-state index is 13.0. The summed E-state index contributed by atoms with van der Waals surface area (Å²) in [5, 5.41) is 17.3. The average Bonchev–Trinajstić information content (AvgIpc) is 2.04. The van der Waals surface area contributed by atoms with Crippen molar-refractivity contribution < 1.29 is 14.4 Å². The van der Waals surface area contributed by atoms with E-state index in [2.05, 4.69) is 4.85 Å². The van der Waals surface area contributed by atoms with Crippen LogP contribution in [-0.2, 0) is 0 Å². The monoisotopic (exact) mass is 165 g/mol. The van der Waals surface area contributed by atoms with E-state index in [-0.39, 0.29) is 11.2 Å². The molecule has 0 fully saturated rings. The van der Waals surface area contributed by atoms with E-state index in [9.17, 15) is 4.39 Å². The van der Waals surface area contributed by atoms with Crippen LogP contribution in [0.25, 0.3) is 4.85 Å². The second kappa shape index (κ2) is 3.35. The zero-order chi connectivity index (χ0) is 9.14. The summed E-state index contributed by atoms with van der Waals surface area (Å²) in [5.74, 6) is -0.873. The zero-order valence-corrected chi connectivity index (χ0v) is 6.03. The lowest BCUT2D eigenvalue weighted by Crippen LogP contribution is -2.32. The molecule has 2 N–H and O–H groups in total. The Morgan fingerprint density at radius 3 is 2.58 bits per heavy atom. The third-order valence-electron chi connectivity index (χ3n) is 1.41. The van der Waals surface area contributed by atoms with Gasteiger partial charge in [0.05, 0.1) is 6.57 Å². The molecule has 12 heavy (non-hydrogen) atoms. The minimum absolute atomic E-state index is 0.208. The number of halogens is 1. The molecule has 0 aliphatic carbocycles. The summed E-state index contributed by atoms with van der Waals surface area (Å²) in [6, 6.07) is 3.88. The van der Waals surface area contributed by atoms with Crippen molar-refractivity contribution in [2.45, 2.75) is 0 Å². The van der Waals surface area contributed by atoms with Crippen molar-refractivity contribution in [3.8, 4) is 0 Å². The van der Waals surface area contributed by atoms with Gasteiger partial charge in [-0.3, -0.25) is 0 Å². The molecule has 0 aliphatic rings. The smallest absolute Gasteiger partial charge is 0.423 e. The van der Waals surface area contributed by atoms with Crippen LogP contribution in [0.5, 0.6) is 0 Å². The number of nitrogens with zero attached hydrogens (tertiary/aromatic N) is 1. The van der Waals surface area contributed by atoms with Crippen LogP contribution in [0.3, 0.4) is 0 Å². The summed E-state index contributed by atoms with van der Waals surface area (Å²) in [4.78, 5) is 2.87. The summed E-state index contributed by atoms with van der Waals surface area (Å²) >= 11 is 0. The fourth-order valence-electron chi connectivity index (χ4n) is 0.823. The molecule has 0 saturated heterocycles. The molecule has 1 aromatic rings. The van der Waals surface area contributed by atoms with Gasteiger partial charge < -0.3 is 10.0 Å². The van der Waals surface area contributed by atoms with Gasteiger partial charge in [0.2, 0.25) is 5.69 Å². The van der Waals surface area contributed by atoms with Gasteiger partial charge in [-0.15, -0.1) is 0 Å². The van der Waals surface area contributed by atoms with Crippen LogP contribution in [0.4, 0.5) is 10.1 Å². The Kier molecular flexibility index (Phi) is 2.43. The highest BCUT2D eigenvalue weighted by molar-refractivity contribution is 6.58.